The minimum Gasteiger partial charge on any atom is -0.494 e. The van der Waals surface area contributed by atoms with Crippen LogP contribution in [0.1, 0.15) is 33.6 Å². The molecular weight excluding hydrogens is 440 g/mol. The molecule has 32 heavy (non-hydrogen) atoms. The highest BCUT2D eigenvalue weighted by Gasteiger charge is 2.39. The molecule has 0 aliphatic carbocycles. The fourth-order valence-corrected chi connectivity index (χ4v) is 6.81. The maximum Gasteiger partial charge on any atom is 0.500 e. The Labute approximate surface area is 198 Å². The number of hydrogen-bond donors (Lipinski definition) is 0. The molecular formula is C24H36N2O4SSi. The maximum atomic E-state index is 5.90. The monoisotopic (exact) mass is 476 g/mol. The quantitative estimate of drug-likeness (QED) is 0.139. The van der Waals surface area contributed by atoms with Gasteiger partial charge >= 0.3 is 8.80 Å². The summed E-state index contributed by atoms with van der Waals surface area (Å²) in [6.45, 7) is 8.59. The molecule has 0 unspecified atom stereocenters. The lowest BCUT2D eigenvalue weighted by atomic mass is 10.3. The smallest absolute Gasteiger partial charge is 0.494 e. The zero-order valence-corrected chi connectivity index (χ0v) is 21.3. The average molecular weight is 477 g/mol. The van der Waals surface area contributed by atoms with Crippen molar-refractivity contribution in [3.05, 3.63) is 54.6 Å². The Bertz CT molecular complexity index is 745. The minimum absolute atomic E-state index is 0.633. The first kappa shape index (κ1) is 26.5. The van der Waals surface area contributed by atoms with E-state index in [0.717, 1.165) is 47.5 Å². The molecule has 0 bridgehead atoms. The van der Waals surface area contributed by atoms with E-state index in [0.29, 0.717) is 26.4 Å². The van der Waals surface area contributed by atoms with Gasteiger partial charge in [-0.2, -0.15) is 22.0 Å². The van der Waals surface area contributed by atoms with E-state index in [4.69, 9.17) is 18.0 Å². The van der Waals surface area contributed by atoms with Crippen molar-refractivity contribution in [1.82, 2.24) is 0 Å². The molecule has 176 valence electrons. The molecule has 0 saturated carbocycles. The topological polar surface area (TPSA) is 61.6 Å². The van der Waals surface area contributed by atoms with Crippen LogP contribution in [-0.2, 0) is 13.3 Å². The number of ether oxygens (including phenoxy) is 1. The highest BCUT2D eigenvalue weighted by molar-refractivity contribution is 7.99. The van der Waals surface area contributed by atoms with E-state index in [9.17, 15) is 0 Å². The second-order valence-corrected chi connectivity index (χ2v) is 10.9. The largest absolute Gasteiger partial charge is 0.500 e. The second kappa shape index (κ2) is 16.0. The molecule has 6 nitrogen and oxygen atoms in total. The van der Waals surface area contributed by atoms with Crippen molar-refractivity contribution in [3.63, 3.8) is 0 Å². The van der Waals surface area contributed by atoms with Crippen molar-refractivity contribution in [2.24, 2.45) is 10.2 Å². The molecule has 0 saturated heterocycles. The van der Waals surface area contributed by atoms with Crippen molar-refractivity contribution in [2.45, 2.75) is 39.7 Å². The molecule has 0 atom stereocenters. The summed E-state index contributed by atoms with van der Waals surface area (Å²) in [7, 11) is -2.50. The van der Waals surface area contributed by atoms with Gasteiger partial charge in [0.1, 0.15) is 5.75 Å². The van der Waals surface area contributed by atoms with Gasteiger partial charge < -0.3 is 18.0 Å². The molecule has 0 aliphatic heterocycles. The molecule has 0 aliphatic rings. The molecule has 0 radical (unpaired) electrons. The van der Waals surface area contributed by atoms with Gasteiger partial charge in [-0.15, -0.1) is 0 Å². The number of nitrogens with zero attached hydrogens (tertiary/aromatic N) is 2. The van der Waals surface area contributed by atoms with Crippen LogP contribution in [0.25, 0.3) is 0 Å². The molecule has 0 aromatic heterocycles. The molecule has 0 heterocycles. The number of benzene rings is 2. The number of thioether (sulfide) groups is 1. The van der Waals surface area contributed by atoms with Gasteiger partial charge in [0.15, 0.2) is 0 Å². The highest BCUT2D eigenvalue weighted by Crippen LogP contribution is 2.22. The van der Waals surface area contributed by atoms with E-state index in [1.807, 2.05) is 87.1 Å². The Kier molecular flexibility index (Phi) is 13.3. The summed E-state index contributed by atoms with van der Waals surface area (Å²) in [5, 5.41) is 8.47. The van der Waals surface area contributed by atoms with Crippen LogP contribution >= 0.6 is 11.8 Å². The van der Waals surface area contributed by atoms with Gasteiger partial charge in [-0.3, -0.25) is 0 Å². The lowest BCUT2D eigenvalue weighted by Crippen LogP contribution is -2.46. The predicted octanol–water partition coefficient (Wildman–Crippen LogP) is 7.04. The first-order valence-electron chi connectivity index (χ1n) is 11.4. The minimum atomic E-state index is -2.50. The lowest BCUT2D eigenvalue weighted by molar-refractivity contribution is 0.0712. The van der Waals surface area contributed by atoms with Crippen molar-refractivity contribution >= 4 is 31.9 Å². The van der Waals surface area contributed by atoms with Crippen LogP contribution in [0.3, 0.4) is 0 Å². The summed E-state index contributed by atoms with van der Waals surface area (Å²) in [5.74, 6) is 2.99. The highest BCUT2D eigenvalue weighted by atomic mass is 32.2. The van der Waals surface area contributed by atoms with Gasteiger partial charge in [-0.1, -0.05) is 18.2 Å². The maximum absolute atomic E-state index is 5.90. The summed E-state index contributed by atoms with van der Waals surface area (Å²) < 4.78 is 23.6. The molecule has 0 spiro atoms. The SMILES string of the molecule is CCO[Si](CCCSCCCOc1ccc(N=Nc2ccccc2)cc1)(OCC)OCC. The zero-order chi connectivity index (χ0) is 22.9. The van der Waals surface area contributed by atoms with Crippen LogP contribution < -0.4 is 4.74 Å². The molecule has 8 heteroatoms. The molecule has 2 aromatic carbocycles. The summed E-state index contributed by atoms with van der Waals surface area (Å²) in [4.78, 5) is 0. The van der Waals surface area contributed by atoms with Gasteiger partial charge in [0.25, 0.3) is 0 Å². The normalized spacial score (nSPS) is 11.8. The average Bonchev–Trinajstić information content (AvgIpc) is 2.81. The van der Waals surface area contributed by atoms with E-state index < -0.39 is 8.80 Å². The lowest BCUT2D eigenvalue weighted by Gasteiger charge is -2.28. The van der Waals surface area contributed by atoms with Crippen molar-refractivity contribution < 1.29 is 18.0 Å². The van der Waals surface area contributed by atoms with Crippen LogP contribution in [0.15, 0.2) is 64.8 Å². The Balaban J connectivity index is 1.60. The molecule has 0 amide bonds. The predicted molar refractivity (Wildman–Crippen MR) is 135 cm³/mol. The first-order chi connectivity index (χ1) is 15.7. The van der Waals surface area contributed by atoms with Gasteiger partial charge in [0.05, 0.1) is 18.0 Å². The Hall–Kier alpha value is -1.71. The van der Waals surface area contributed by atoms with E-state index >= 15 is 0 Å². The van der Waals surface area contributed by atoms with E-state index in [1.54, 1.807) is 0 Å². The third kappa shape index (κ3) is 10.3. The van der Waals surface area contributed by atoms with Crippen molar-refractivity contribution in [2.75, 3.05) is 37.9 Å². The van der Waals surface area contributed by atoms with Crippen molar-refractivity contribution in [1.29, 1.82) is 0 Å². The fourth-order valence-electron chi connectivity index (χ4n) is 3.06. The van der Waals surface area contributed by atoms with E-state index in [2.05, 4.69) is 10.2 Å². The summed E-state index contributed by atoms with van der Waals surface area (Å²) in [6, 6.07) is 18.3. The summed E-state index contributed by atoms with van der Waals surface area (Å²) in [6.07, 6.45) is 2.04. The molecule has 2 rings (SSSR count). The number of rotatable bonds is 17. The molecule has 0 fully saturated rings. The van der Waals surface area contributed by atoms with E-state index in [1.165, 1.54) is 0 Å². The van der Waals surface area contributed by atoms with Gasteiger partial charge in [0.2, 0.25) is 0 Å². The first-order valence-corrected chi connectivity index (χ1v) is 14.5. The summed E-state index contributed by atoms with van der Waals surface area (Å²) in [5.41, 5.74) is 1.65. The van der Waals surface area contributed by atoms with Crippen LogP contribution in [0.2, 0.25) is 6.04 Å². The van der Waals surface area contributed by atoms with Crippen LogP contribution in [0.5, 0.6) is 5.75 Å². The van der Waals surface area contributed by atoms with Crippen LogP contribution in [-0.4, -0.2) is 46.7 Å². The van der Waals surface area contributed by atoms with E-state index in [-0.39, 0.29) is 0 Å². The summed E-state index contributed by atoms with van der Waals surface area (Å²) >= 11 is 1.94. The Morgan fingerprint density at radius 1 is 0.719 bits per heavy atom. The number of hydrogen-bond acceptors (Lipinski definition) is 7. The second-order valence-electron chi connectivity index (χ2n) is 6.93. The van der Waals surface area contributed by atoms with Gasteiger partial charge in [-0.05, 0) is 81.5 Å². The molecule has 2 aromatic rings. The van der Waals surface area contributed by atoms with Gasteiger partial charge in [0, 0.05) is 25.9 Å². The van der Waals surface area contributed by atoms with Gasteiger partial charge in [-0.25, -0.2) is 0 Å². The zero-order valence-electron chi connectivity index (χ0n) is 19.5. The Morgan fingerprint density at radius 2 is 1.28 bits per heavy atom. The molecule has 0 N–H and O–H groups in total. The third-order valence-corrected chi connectivity index (χ3v) is 8.75. The van der Waals surface area contributed by atoms with Crippen LogP contribution in [0.4, 0.5) is 11.4 Å². The van der Waals surface area contributed by atoms with Crippen LogP contribution in [0, 0.1) is 0 Å². The fraction of sp³-hybridized carbons (Fsp3) is 0.500. The Morgan fingerprint density at radius 3 is 1.88 bits per heavy atom. The van der Waals surface area contributed by atoms with Crippen molar-refractivity contribution in [3.8, 4) is 5.75 Å². The third-order valence-electron chi connectivity index (χ3n) is 4.44. The standard InChI is InChI=1S/C24H36N2O4SSi/c1-4-28-32(29-5-2,30-6-3)21-11-20-31-19-10-18-27-24-16-14-23(15-17-24)26-25-22-12-8-7-9-13-22/h7-9,12-17H,4-6,10-11,18-21H2,1-3H3. The number of azo groups is 1.